The number of carbonyl (C=O) groups is 2. The highest BCUT2D eigenvalue weighted by Gasteiger charge is 2.25. The quantitative estimate of drug-likeness (QED) is 0.828. The first-order valence-electron chi connectivity index (χ1n) is 6.76. The molecule has 116 valence electrons. The zero-order valence-corrected chi connectivity index (χ0v) is 13.0. The predicted octanol–water partition coefficient (Wildman–Crippen LogP) is 2.41. The minimum atomic E-state index is -0.904. The number of H-pyrrole nitrogens is 1. The lowest BCUT2D eigenvalue weighted by atomic mass is 10.1. The molecule has 1 amide bonds. The van der Waals surface area contributed by atoms with E-state index in [0.29, 0.717) is 21.8 Å². The maximum atomic E-state index is 12.3. The zero-order chi connectivity index (χ0) is 16.1. The number of esters is 1. The van der Waals surface area contributed by atoms with Crippen LogP contribution in [0.25, 0.3) is 0 Å². The van der Waals surface area contributed by atoms with Gasteiger partial charge in [0.2, 0.25) is 0 Å². The number of hydrogen-bond donors (Lipinski definition) is 2. The van der Waals surface area contributed by atoms with Gasteiger partial charge < -0.3 is 10.1 Å². The molecule has 0 fully saturated rings. The second kappa shape index (κ2) is 7.09. The van der Waals surface area contributed by atoms with E-state index in [9.17, 15) is 9.59 Å². The Balaban J connectivity index is 2.25. The van der Waals surface area contributed by atoms with Gasteiger partial charge in [-0.15, -0.1) is 0 Å². The number of benzene rings is 1. The van der Waals surface area contributed by atoms with Crippen molar-refractivity contribution in [2.75, 3.05) is 6.61 Å². The fourth-order valence-electron chi connectivity index (χ4n) is 1.95. The van der Waals surface area contributed by atoms with Crippen molar-refractivity contribution in [2.24, 2.45) is 0 Å². The molecule has 1 heterocycles. The third-order valence-corrected chi connectivity index (χ3v) is 3.33. The van der Waals surface area contributed by atoms with Crippen LogP contribution in [0.4, 0.5) is 0 Å². The number of nitrogens with one attached hydrogen (secondary N) is 2. The highest BCUT2D eigenvalue weighted by Crippen LogP contribution is 2.19. The minimum Gasteiger partial charge on any atom is -0.464 e. The number of aromatic nitrogens is 2. The van der Waals surface area contributed by atoms with E-state index in [2.05, 4.69) is 15.5 Å². The largest absolute Gasteiger partial charge is 0.464 e. The predicted molar refractivity (Wildman–Crippen MR) is 81.6 cm³/mol. The van der Waals surface area contributed by atoms with Crippen LogP contribution in [0.15, 0.2) is 30.5 Å². The molecule has 0 radical (unpaired) electrons. The molecule has 0 aliphatic heterocycles. The first-order chi connectivity index (χ1) is 10.5. The molecule has 0 aliphatic rings. The number of amides is 1. The fraction of sp³-hybridized carbons (Fsp3) is 0.267. The smallest absolute Gasteiger partial charge is 0.333 e. The Morgan fingerprint density at radius 1 is 1.36 bits per heavy atom. The van der Waals surface area contributed by atoms with Gasteiger partial charge in [-0.25, -0.2) is 4.79 Å². The molecule has 0 unspecified atom stereocenters. The van der Waals surface area contributed by atoms with Gasteiger partial charge in [-0.1, -0.05) is 23.7 Å². The molecule has 1 atom stereocenters. The van der Waals surface area contributed by atoms with Crippen LogP contribution in [0.5, 0.6) is 0 Å². The van der Waals surface area contributed by atoms with Crippen LogP contribution in [-0.4, -0.2) is 28.7 Å². The van der Waals surface area contributed by atoms with Crippen LogP contribution in [0, 0.1) is 6.92 Å². The van der Waals surface area contributed by atoms with E-state index in [4.69, 9.17) is 16.3 Å². The van der Waals surface area contributed by atoms with Gasteiger partial charge in [-0.3, -0.25) is 9.89 Å². The van der Waals surface area contributed by atoms with E-state index < -0.39 is 17.9 Å². The van der Waals surface area contributed by atoms with Crippen molar-refractivity contribution in [2.45, 2.75) is 19.9 Å². The molecule has 0 saturated heterocycles. The van der Waals surface area contributed by atoms with Gasteiger partial charge in [0.15, 0.2) is 6.04 Å². The zero-order valence-electron chi connectivity index (χ0n) is 12.2. The standard InChI is InChI=1S/C15H16ClN3O3/c1-3-22-15(21)13(10-4-6-11(16)7-5-10)18-14(20)12-8-17-19-9(12)2/h4-8,13H,3H2,1-2H3,(H,17,19)(H,18,20)/t13-/m0/s1. The number of halogens is 1. The normalized spacial score (nSPS) is 11.8. The molecule has 1 aromatic heterocycles. The SMILES string of the molecule is CCOC(=O)[C@@H](NC(=O)c1cn[nH]c1C)c1ccc(Cl)cc1. The van der Waals surface area contributed by atoms with E-state index in [0.717, 1.165) is 0 Å². The molecule has 0 spiro atoms. The topological polar surface area (TPSA) is 84.1 Å². The molecule has 22 heavy (non-hydrogen) atoms. The van der Waals surface area contributed by atoms with E-state index >= 15 is 0 Å². The first kappa shape index (κ1) is 16.0. The summed E-state index contributed by atoms with van der Waals surface area (Å²) in [4.78, 5) is 24.4. The lowest BCUT2D eigenvalue weighted by molar-refractivity contribution is -0.145. The van der Waals surface area contributed by atoms with E-state index in [1.165, 1.54) is 6.20 Å². The maximum Gasteiger partial charge on any atom is 0.333 e. The van der Waals surface area contributed by atoms with Crippen LogP contribution in [0.2, 0.25) is 5.02 Å². The van der Waals surface area contributed by atoms with Crippen molar-refractivity contribution in [1.29, 1.82) is 0 Å². The van der Waals surface area contributed by atoms with Gasteiger partial charge in [-0.05, 0) is 31.5 Å². The molecule has 7 heteroatoms. The van der Waals surface area contributed by atoms with Gasteiger partial charge in [0, 0.05) is 10.7 Å². The molecule has 2 rings (SSSR count). The highest BCUT2D eigenvalue weighted by molar-refractivity contribution is 6.30. The monoisotopic (exact) mass is 321 g/mol. The van der Waals surface area contributed by atoms with Crippen molar-refractivity contribution >= 4 is 23.5 Å². The van der Waals surface area contributed by atoms with Crippen molar-refractivity contribution in [1.82, 2.24) is 15.5 Å². The second-order valence-electron chi connectivity index (χ2n) is 4.62. The Bertz CT molecular complexity index is 667. The summed E-state index contributed by atoms with van der Waals surface area (Å²) in [6.45, 7) is 3.66. The Hall–Kier alpha value is -2.34. The van der Waals surface area contributed by atoms with Gasteiger partial charge in [-0.2, -0.15) is 5.10 Å². The van der Waals surface area contributed by atoms with Crippen molar-refractivity contribution in [3.8, 4) is 0 Å². The highest BCUT2D eigenvalue weighted by atomic mass is 35.5. The Labute approximate surface area is 132 Å². The average Bonchev–Trinajstić information content (AvgIpc) is 2.92. The van der Waals surface area contributed by atoms with Gasteiger partial charge in [0.25, 0.3) is 5.91 Å². The minimum absolute atomic E-state index is 0.226. The van der Waals surface area contributed by atoms with E-state index in [1.54, 1.807) is 38.1 Å². The van der Waals surface area contributed by atoms with Gasteiger partial charge >= 0.3 is 5.97 Å². The van der Waals surface area contributed by atoms with E-state index in [-0.39, 0.29) is 6.61 Å². The summed E-state index contributed by atoms with van der Waals surface area (Å²) in [6, 6.07) is 5.74. The molecule has 2 N–H and O–H groups in total. The number of nitrogens with zero attached hydrogens (tertiary/aromatic N) is 1. The number of carbonyl (C=O) groups excluding carboxylic acids is 2. The van der Waals surface area contributed by atoms with Crippen molar-refractivity contribution in [3.63, 3.8) is 0 Å². The molecule has 6 nitrogen and oxygen atoms in total. The number of rotatable bonds is 5. The van der Waals surface area contributed by atoms with Gasteiger partial charge in [0.1, 0.15) is 0 Å². The number of aryl methyl sites for hydroxylation is 1. The fourth-order valence-corrected chi connectivity index (χ4v) is 2.07. The summed E-state index contributed by atoms with van der Waals surface area (Å²) >= 11 is 5.85. The maximum absolute atomic E-state index is 12.3. The van der Waals surface area contributed by atoms with Crippen LogP contribution >= 0.6 is 11.6 Å². The molecule has 1 aromatic carbocycles. The Morgan fingerprint density at radius 2 is 2.05 bits per heavy atom. The van der Waals surface area contributed by atoms with Gasteiger partial charge in [0.05, 0.1) is 18.4 Å². The molecule has 0 saturated carbocycles. The molecule has 0 bridgehead atoms. The third-order valence-electron chi connectivity index (χ3n) is 3.08. The number of hydrogen-bond acceptors (Lipinski definition) is 4. The van der Waals surface area contributed by atoms with Crippen molar-refractivity contribution in [3.05, 3.63) is 52.3 Å². The Morgan fingerprint density at radius 3 is 2.59 bits per heavy atom. The first-order valence-corrected chi connectivity index (χ1v) is 7.13. The average molecular weight is 322 g/mol. The second-order valence-corrected chi connectivity index (χ2v) is 5.06. The van der Waals surface area contributed by atoms with Crippen molar-refractivity contribution < 1.29 is 14.3 Å². The van der Waals surface area contributed by atoms with Crippen LogP contribution in [0.3, 0.4) is 0 Å². The summed E-state index contributed by atoms with van der Waals surface area (Å²) < 4.78 is 5.03. The third kappa shape index (κ3) is 3.65. The lowest BCUT2D eigenvalue weighted by Gasteiger charge is -2.17. The lowest BCUT2D eigenvalue weighted by Crippen LogP contribution is -2.35. The number of aromatic amines is 1. The van der Waals surface area contributed by atoms with Crippen LogP contribution in [-0.2, 0) is 9.53 Å². The van der Waals surface area contributed by atoms with E-state index in [1.807, 2.05) is 0 Å². The number of ether oxygens (including phenoxy) is 1. The molecular formula is C15H16ClN3O3. The summed E-state index contributed by atoms with van der Waals surface area (Å²) in [5.41, 5.74) is 1.59. The molecular weight excluding hydrogens is 306 g/mol. The summed E-state index contributed by atoms with van der Waals surface area (Å²) in [5, 5.41) is 9.68. The Kier molecular flexibility index (Phi) is 5.16. The molecule has 0 aliphatic carbocycles. The molecule has 2 aromatic rings. The van der Waals surface area contributed by atoms with Crippen LogP contribution in [0.1, 0.15) is 34.6 Å². The van der Waals surface area contributed by atoms with Crippen LogP contribution < -0.4 is 5.32 Å². The summed E-state index contributed by atoms with van der Waals surface area (Å²) in [7, 11) is 0. The summed E-state index contributed by atoms with van der Waals surface area (Å²) in [5.74, 6) is -0.932. The summed E-state index contributed by atoms with van der Waals surface area (Å²) in [6.07, 6.45) is 1.41.